The summed E-state index contributed by atoms with van der Waals surface area (Å²) in [5, 5.41) is 7.95. The van der Waals surface area contributed by atoms with Crippen LogP contribution in [0.3, 0.4) is 0 Å². The SMILES string of the molecule is CCCNC(Cc1ccn(C(C)C)n1)c1ccncc1F. The summed E-state index contributed by atoms with van der Waals surface area (Å²) in [7, 11) is 0. The number of pyridine rings is 1. The van der Waals surface area contributed by atoms with Gasteiger partial charge in [0.2, 0.25) is 0 Å². The first-order valence-electron chi connectivity index (χ1n) is 7.48. The predicted octanol–water partition coefficient (Wildman–Crippen LogP) is 3.28. The second-order valence-corrected chi connectivity index (χ2v) is 5.49. The van der Waals surface area contributed by atoms with Crippen LogP contribution < -0.4 is 5.32 Å². The molecule has 2 rings (SSSR count). The third kappa shape index (κ3) is 4.11. The van der Waals surface area contributed by atoms with Gasteiger partial charge in [-0.1, -0.05) is 6.92 Å². The lowest BCUT2D eigenvalue weighted by Gasteiger charge is -2.18. The summed E-state index contributed by atoms with van der Waals surface area (Å²) >= 11 is 0. The minimum Gasteiger partial charge on any atom is -0.310 e. The monoisotopic (exact) mass is 290 g/mol. The number of halogens is 1. The standard InChI is InChI=1S/C16H23FN4/c1-4-7-19-16(14-5-8-18-11-15(14)17)10-13-6-9-21(20-13)12(2)3/h5-6,8-9,11-12,16,19H,4,7,10H2,1-3H3. The average Bonchev–Trinajstić information content (AvgIpc) is 2.93. The molecule has 0 spiro atoms. The summed E-state index contributed by atoms with van der Waals surface area (Å²) in [5.74, 6) is -0.269. The smallest absolute Gasteiger partial charge is 0.146 e. The molecule has 2 heterocycles. The van der Waals surface area contributed by atoms with E-state index >= 15 is 0 Å². The van der Waals surface area contributed by atoms with Gasteiger partial charge in [0.25, 0.3) is 0 Å². The molecule has 0 aliphatic carbocycles. The lowest BCUT2D eigenvalue weighted by Crippen LogP contribution is -2.25. The third-order valence-electron chi connectivity index (χ3n) is 3.43. The lowest BCUT2D eigenvalue weighted by molar-refractivity contribution is 0.480. The third-order valence-corrected chi connectivity index (χ3v) is 3.43. The molecular weight excluding hydrogens is 267 g/mol. The molecule has 0 aliphatic heterocycles. The van der Waals surface area contributed by atoms with Gasteiger partial charge in [-0.2, -0.15) is 5.10 Å². The van der Waals surface area contributed by atoms with Gasteiger partial charge in [0.05, 0.1) is 11.9 Å². The largest absolute Gasteiger partial charge is 0.310 e. The Labute approximate surface area is 125 Å². The van der Waals surface area contributed by atoms with Crippen LogP contribution in [-0.4, -0.2) is 21.3 Å². The van der Waals surface area contributed by atoms with Gasteiger partial charge < -0.3 is 5.32 Å². The van der Waals surface area contributed by atoms with E-state index in [0.717, 1.165) is 18.7 Å². The van der Waals surface area contributed by atoms with Crippen molar-refractivity contribution in [2.45, 2.75) is 45.7 Å². The summed E-state index contributed by atoms with van der Waals surface area (Å²) in [6.45, 7) is 7.12. The van der Waals surface area contributed by atoms with Crippen LogP contribution in [0.15, 0.2) is 30.7 Å². The van der Waals surface area contributed by atoms with E-state index < -0.39 is 0 Å². The van der Waals surface area contributed by atoms with Gasteiger partial charge in [-0.05, 0) is 38.9 Å². The van der Waals surface area contributed by atoms with Crippen molar-refractivity contribution in [3.8, 4) is 0 Å². The molecule has 0 saturated heterocycles. The van der Waals surface area contributed by atoms with E-state index in [0.29, 0.717) is 18.0 Å². The van der Waals surface area contributed by atoms with E-state index in [4.69, 9.17) is 0 Å². The maximum atomic E-state index is 14.0. The van der Waals surface area contributed by atoms with E-state index in [9.17, 15) is 4.39 Å². The highest BCUT2D eigenvalue weighted by atomic mass is 19.1. The molecule has 4 nitrogen and oxygen atoms in total. The number of hydrogen-bond donors (Lipinski definition) is 1. The summed E-state index contributed by atoms with van der Waals surface area (Å²) in [4.78, 5) is 3.82. The molecule has 0 bridgehead atoms. The Hall–Kier alpha value is -1.75. The fourth-order valence-corrected chi connectivity index (χ4v) is 2.26. The zero-order valence-corrected chi connectivity index (χ0v) is 12.9. The van der Waals surface area contributed by atoms with Crippen LogP contribution in [0.2, 0.25) is 0 Å². The van der Waals surface area contributed by atoms with Crippen molar-refractivity contribution in [1.82, 2.24) is 20.1 Å². The summed E-state index contributed by atoms with van der Waals surface area (Å²) < 4.78 is 15.9. The number of nitrogens with one attached hydrogen (secondary N) is 1. The van der Waals surface area contributed by atoms with E-state index in [1.165, 1.54) is 6.20 Å². The molecule has 0 fully saturated rings. The molecule has 0 amide bonds. The van der Waals surface area contributed by atoms with Crippen molar-refractivity contribution in [2.24, 2.45) is 0 Å². The molecule has 0 aromatic carbocycles. The zero-order chi connectivity index (χ0) is 15.2. The molecule has 21 heavy (non-hydrogen) atoms. The first-order valence-corrected chi connectivity index (χ1v) is 7.48. The van der Waals surface area contributed by atoms with E-state index in [1.807, 2.05) is 16.9 Å². The minimum absolute atomic E-state index is 0.0801. The Balaban J connectivity index is 2.18. The summed E-state index contributed by atoms with van der Waals surface area (Å²) in [5.41, 5.74) is 1.62. The van der Waals surface area contributed by atoms with E-state index in [1.54, 1.807) is 12.3 Å². The molecule has 5 heteroatoms. The van der Waals surface area contributed by atoms with Gasteiger partial charge in [0.15, 0.2) is 0 Å². The second-order valence-electron chi connectivity index (χ2n) is 5.49. The van der Waals surface area contributed by atoms with E-state index in [2.05, 4.69) is 36.2 Å². The van der Waals surface area contributed by atoms with Crippen molar-refractivity contribution in [2.75, 3.05) is 6.54 Å². The van der Waals surface area contributed by atoms with Crippen LogP contribution in [0.25, 0.3) is 0 Å². The van der Waals surface area contributed by atoms with Gasteiger partial charge in [0.1, 0.15) is 5.82 Å². The molecule has 114 valence electrons. The normalized spacial score (nSPS) is 12.8. The highest BCUT2D eigenvalue weighted by Gasteiger charge is 2.17. The van der Waals surface area contributed by atoms with Crippen LogP contribution in [-0.2, 0) is 6.42 Å². The van der Waals surface area contributed by atoms with Gasteiger partial charge in [-0.15, -0.1) is 0 Å². The molecular formula is C16H23FN4. The Morgan fingerprint density at radius 3 is 2.76 bits per heavy atom. The quantitative estimate of drug-likeness (QED) is 0.851. The number of aromatic nitrogens is 3. The summed E-state index contributed by atoms with van der Waals surface area (Å²) in [6, 6.07) is 3.99. The lowest BCUT2D eigenvalue weighted by atomic mass is 10.0. The highest BCUT2D eigenvalue weighted by Crippen LogP contribution is 2.20. The number of nitrogens with zero attached hydrogens (tertiary/aromatic N) is 3. The summed E-state index contributed by atoms with van der Waals surface area (Å²) in [6.07, 6.45) is 6.54. The van der Waals surface area contributed by atoms with Gasteiger partial charge in [-0.25, -0.2) is 4.39 Å². The zero-order valence-electron chi connectivity index (χ0n) is 12.9. The molecule has 2 aromatic rings. The topological polar surface area (TPSA) is 42.7 Å². The molecule has 0 saturated carbocycles. The maximum absolute atomic E-state index is 14.0. The second kappa shape index (κ2) is 7.31. The van der Waals surface area contributed by atoms with Crippen LogP contribution >= 0.6 is 0 Å². The Kier molecular flexibility index (Phi) is 5.44. The average molecular weight is 290 g/mol. The fraction of sp³-hybridized carbons (Fsp3) is 0.500. The van der Waals surface area contributed by atoms with Crippen LogP contribution in [0.4, 0.5) is 4.39 Å². The Morgan fingerprint density at radius 2 is 2.14 bits per heavy atom. The van der Waals surface area contributed by atoms with E-state index in [-0.39, 0.29) is 11.9 Å². The molecule has 2 aromatic heterocycles. The molecule has 1 unspecified atom stereocenters. The van der Waals surface area contributed by atoms with Crippen molar-refractivity contribution < 1.29 is 4.39 Å². The van der Waals surface area contributed by atoms with Crippen molar-refractivity contribution >= 4 is 0 Å². The van der Waals surface area contributed by atoms with Crippen molar-refractivity contribution in [3.63, 3.8) is 0 Å². The van der Waals surface area contributed by atoms with Crippen molar-refractivity contribution in [1.29, 1.82) is 0 Å². The first-order chi connectivity index (χ1) is 10.1. The fourth-order valence-electron chi connectivity index (χ4n) is 2.26. The highest BCUT2D eigenvalue weighted by molar-refractivity contribution is 5.20. The first kappa shape index (κ1) is 15.6. The molecule has 0 radical (unpaired) electrons. The number of rotatable bonds is 7. The minimum atomic E-state index is -0.269. The maximum Gasteiger partial charge on any atom is 0.146 e. The van der Waals surface area contributed by atoms with Crippen LogP contribution in [0.5, 0.6) is 0 Å². The Morgan fingerprint density at radius 1 is 1.33 bits per heavy atom. The van der Waals surface area contributed by atoms with Crippen molar-refractivity contribution in [3.05, 3.63) is 47.8 Å². The van der Waals surface area contributed by atoms with Crippen LogP contribution in [0, 0.1) is 5.82 Å². The Bertz CT molecular complexity index is 565. The van der Waals surface area contributed by atoms with Gasteiger partial charge >= 0.3 is 0 Å². The van der Waals surface area contributed by atoms with Gasteiger partial charge in [0, 0.05) is 36.5 Å². The molecule has 0 aliphatic rings. The van der Waals surface area contributed by atoms with Gasteiger partial charge in [-0.3, -0.25) is 9.67 Å². The molecule has 1 atom stereocenters. The van der Waals surface area contributed by atoms with Crippen LogP contribution in [0.1, 0.15) is 50.5 Å². The predicted molar refractivity (Wildman–Crippen MR) is 81.5 cm³/mol. The number of hydrogen-bond acceptors (Lipinski definition) is 3. The molecule has 1 N–H and O–H groups in total.